The van der Waals surface area contributed by atoms with E-state index in [1.165, 1.54) is 0 Å². The molecule has 0 aliphatic heterocycles. The zero-order valence-electron chi connectivity index (χ0n) is 11.0. The number of thiazole rings is 1. The molecule has 104 valence electrons. The predicted molar refractivity (Wildman–Crippen MR) is 72.6 cm³/mol. The lowest BCUT2D eigenvalue weighted by atomic mass is 10.3. The Kier molecular flexibility index (Phi) is 5.09. The van der Waals surface area contributed by atoms with Crippen molar-refractivity contribution in [1.29, 1.82) is 0 Å². The topological polar surface area (TPSA) is 82.3 Å². The molecule has 1 aromatic rings. The molecule has 1 aromatic heterocycles. The molecular formula is C10H19N3O3S2. The smallest absolute Gasteiger partial charge is 0.305 e. The minimum absolute atomic E-state index is 0.0692. The van der Waals surface area contributed by atoms with Crippen LogP contribution in [0.4, 0.5) is 0 Å². The molecule has 0 saturated carbocycles. The highest BCUT2D eigenvalue weighted by atomic mass is 32.2. The number of nitrogens with one attached hydrogen (secondary N) is 2. The monoisotopic (exact) mass is 293 g/mol. The van der Waals surface area contributed by atoms with Gasteiger partial charge in [0.2, 0.25) is 0 Å². The van der Waals surface area contributed by atoms with E-state index >= 15 is 0 Å². The number of sulfonamides is 1. The minimum atomic E-state index is -3.58. The Morgan fingerprint density at radius 1 is 1.44 bits per heavy atom. The first-order valence-electron chi connectivity index (χ1n) is 5.63. The Hall–Kier alpha value is -0.700. The van der Waals surface area contributed by atoms with Gasteiger partial charge >= 0.3 is 4.87 Å². The zero-order valence-corrected chi connectivity index (χ0v) is 12.6. The van der Waals surface area contributed by atoms with Crippen molar-refractivity contribution in [3.8, 4) is 0 Å². The lowest BCUT2D eigenvalue weighted by molar-refractivity contribution is 0.278. The lowest BCUT2D eigenvalue weighted by Crippen LogP contribution is -2.36. The SMILES string of the molecule is Cc1[nH]c(=O)sc1S(=O)(=O)NCCN(C)C(C)C. The van der Waals surface area contributed by atoms with E-state index in [4.69, 9.17) is 0 Å². The molecule has 0 aromatic carbocycles. The quantitative estimate of drug-likeness (QED) is 0.793. The molecule has 0 bridgehead atoms. The number of aromatic nitrogens is 1. The van der Waals surface area contributed by atoms with E-state index in [0.717, 1.165) is 0 Å². The first kappa shape index (κ1) is 15.4. The van der Waals surface area contributed by atoms with E-state index in [9.17, 15) is 13.2 Å². The fourth-order valence-corrected chi connectivity index (χ4v) is 3.69. The molecule has 1 heterocycles. The van der Waals surface area contributed by atoms with E-state index in [0.29, 0.717) is 36.2 Å². The van der Waals surface area contributed by atoms with Gasteiger partial charge in [0, 0.05) is 24.8 Å². The maximum atomic E-state index is 11.9. The molecule has 0 saturated heterocycles. The van der Waals surface area contributed by atoms with Gasteiger partial charge in [0.15, 0.2) is 4.21 Å². The normalized spacial score (nSPS) is 12.6. The summed E-state index contributed by atoms with van der Waals surface area (Å²) in [5.41, 5.74) is 0.384. The van der Waals surface area contributed by atoms with Crippen molar-refractivity contribution in [2.45, 2.75) is 31.0 Å². The van der Waals surface area contributed by atoms with Crippen molar-refractivity contribution in [2.24, 2.45) is 0 Å². The van der Waals surface area contributed by atoms with Crippen LogP contribution in [-0.2, 0) is 10.0 Å². The molecule has 0 radical (unpaired) electrons. The largest absolute Gasteiger partial charge is 0.315 e. The van der Waals surface area contributed by atoms with Crippen LogP contribution in [0.15, 0.2) is 9.00 Å². The van der Waals surface area contributed by atoms with Gasteiger partial charge in [0.1, 0.15) is 0 Å². The number of hydrogen-bond acceptors (Lipinski definition) is 5. The number of H-pyrrole nitrogens is 1. The molecular weight excluding hydrogens is 274 g/mol. The van der Waals surface area contributed by atoms with Gasteiger partial charge in [-0.15, -0.1) is 0 Å². The predicted octanol–water partition coefficient (Wildman–Crippen LogP) is 0.363. The van der Waals surface area contributed by atoms with Crippen LogP contribution in [0.3, 0.4) is 0 Å². The molecule has 0 aliphatic carbocycles. The van der Waals surface area contributed by atoms with Gasteiger partial charge in [-0.3, -0.25) is 4.79 Å². The highest BCUT2D eigenvalue weighted by Crippen LogP contribution is 2.14. The van der Waals surface area contributed by atoms with E-state index in [1.807, 2.05) is 25.8 Å². The molecule has 0 aliphatic rings. The van der Waals surface area contributed by atoms with Crippen molar-refractivity contribution in [2.75, 3.05) is 20.1 Å². The van der Waals surface area contributed by atoms with Crippen LogP contribution in [0.1, 0.15) is 19.5 Å². The van der Waals surface area contributed by atoms with Gasteiger partial charge in [-0.05, 0) is 27.8 Å². The summed E-state index contributed by atoms with van der Waals surface area (Å²) in [6.45, 7) is 6.59. The lowest BCUT2D eigenvalue weighted by Gasteiger charge is -2.20. The summed E-state index contributed by atoms with van der Waals surface area (Å²) in [7, 11) is -1.65. The average molecular weight is 293 g/mol. The van der Waals surface area contributed by atoms with Gasteiger partial charge in [0.25, 0.3) is 10.0 Å². The zero-order chi connectivity index (χ0) is 13.9. The van der Waals surface area contributed by atoms with E-state index in [2.05, 4.69) is 9.71 Å². The number of rotatable bonds is 6. The van der Waals surface area contributed by atoms with Gasteiger partial charge in [-0.2, -0.15) is 0 Å². The van der Waals surface area contributed by atoms with E-state index < -0.39 is 10.0 Å². The Morgan fingerprint density at radius 3 is 2.50 bits per heavy atom. The first-order chi connectivity index (χ1) is 8.24. The third-order valence-electron chi connectivity index (χ3n) is 2.66. The third kappa shape index (κ3) is 3.91. The fourth-order valence-electron chi connectivity index (χ4n) is 1.33. The van der Waals surface area contributed by atoms with Crippen LogP contribution in [-0.4, -0.2) is 44.5 Å². The summed E-state index contributed by atoms with van der Waals surface area (Å²) in [5.74, 6) is 0. The maximum absolute atomic E-state index is 11.9. The molecule has 0 atom stereocenters. The second-order valence-electron chi connectivity index (χ2n) is 4.40. The molecule has 8 heteroatoms. The van der Waals surface area contributed by atoms with Crippen molar-refractivity contribution >= 4 is 21.4 Å². The summed E-state index contributed by atoms with van der Waals surface area (Å²) in [6.07, 6.45) is 0. The van der Waals surface area contributed by atoms with E-state index in [-0.39, 0.29) is 9.08 Å². The highest BCUT2D eigenvalue weighted by Gasteiger charge is 2.20. The second-order valence-corrected chi connectivity index (χ2v) is 7.34. The number of aromatic amines is 1. The van der Waals surface area contributed by atoms with Crippen LogP contribution >= 0.6 is 11.3 Å². The Morgan fingerprint density at radius 2 is 2.06 bits per heavy atom. The molecule has 18 heavy (non-hydrogen) atoms. The van der Waals surface area contributed by atoms with Crippen molar-refractivity contribution in [1.82, 2.24) is 14.6 Å². The summed E-state index contributed by atoms with van der Waals surface area (Å²) >= 11 is 0.711. The molecule has 2 N–H and O–H groups in total. The molecule has 1 rings (SSSR count). The standard InChI is InChI=1S/C10H19N3O3S2/c1-7(2)13(4)6-5-11-18(15,16)9-8(3)12-10(14)17-9/h7,11H,5-6H2,1-4H3,(H,12,14). The summed E-state index contributed by atoms with van der Waals surface area (Å²) in [5, 5.41) is 0. The van der Waals surface area contributed by atoms with Crippen LogP contribution in [0, 0.1) is 6.92 Å². The van der Waals surface area contributed by atoms with Crippen LogP contribution < -0.4 is 9.60 Å². The average Bonchev–Trinajstić information content (AvgIpc) is 2.58. The van der Waals surface area contributed by atoms with Gasteiger partial charge < -0.3 is 9.88 Å². The van der Waals surface area contributed by atoms with Crippen molar-refractivity contribution in [3.63, 3.8) is 0 Å². The second kappa shape index (κ2) is 5.96. The summed E-state index contributed by atoms with van der Waals surface area (Å²) < 4.78 is 26.4. The third-order valence-corrected chi connectivity index (χ3v) is 5.73. The van der Waals surface area contributed by atoms with Gasteiger partial charge in [0.05, 0.1) is 0 Å². The number of aryl methyl sites for hydroxylation is 1. The number of hydrogen-bond donors (Lipinski definition) is 2. The van der Waals surface area contributed by atoms with Crippen LogP contribution in [0.5, 0.6) is 0 Å². The molecule has 0 unspecified atom stereocenters. The number of nitrogens with zero attached hydrogens (tertiary/aromatic N) is 1. The Balaban J connectivity index is 2.67. The molecule has 0 fully saturated rings. The van der Waals surface area contributed by atoms with Crippen molar-refractivity contribution in [3.05, 3.63) is 15.4 Å². The van der Waals surface area contributed by atoms with Gasteiger partial charge in [-0.1, -0.05) is 11.3 Å². The van der Waals surface area contributed by atoms with Gasteiger partial charge in [-0.25, -0.2) is 13.1 Å². The summed E-state index contributed by atoms with van der Waals surface area (Å²) in [4.78, 5) is 15.2. The van der Waals surface area contributed by atoms with Crippen molar-refractivity contribution < 1.29 is 8.42 Å². The minimum Gasteiger partial charge on any atom is -0.315 e. The summed E-state index contributed by atoms with van der Waals surface area (Å²) in [6, 6.07) is 0.361. The van der Waals surface area contributed by atoms with Crippen LogP contribution in [0.25, 0.3) is 0 Å². The Bertz CT molecular complexity index is 545. The fraction of sp³-hybridized carbons (Fsp3) is 0.700. The maximum Gasteiger partial charge on any atom is 0.305 e. The molecule has 6 nitrogen and oxygen atoms in total. The Labute approximate surface area is 111 Å². The first-order valence-corrected chi connectivity index (χ1v) is 7.93. The molecule has 0 spiro atoms. The van der Waals surface area contributed by atoms with E-state index in [1.54, 1.807) is 6.92 Å². The molecule has 0 amide bonds. The highest BCUT2D eigenvalue weighted by molar-refractivity contribution is 7.91. The van der Waals surface area contributed by atoms with Crippen LogP contribution in [0.2, 0.25) is 0 Å². The number of likely N-dealkylation sites (N-methyl/N-ethyl adjacent to an activating group) is 1.